The molecule has 0 unspecified atom stereocenters. The van der Waals surface area contributed by atoms with Crippen LogP contribution < -0.4 is 0 Å². The molecule has 1 aromatic rings. The standard InChI is InChI=1S/C22H34N4O3/c1-18(2)17-24-12-8-22(9-13-24)20(27)25(21(28)26(22)14-15-29-3)11-5-7-19-6-4-10-23-16-19/h4,6,10,16,18H,5,7-9,11-15,17H2,1-3H3. The second kappa shape index (κ2) is 9.67. The second-order valence-electron chi connectivity index (χ2n) is 8.57. The van der Waals surface area contributed by atoms with Gasteiger partial charge in [0.1, 0.15) is 5.54 Å². The van der Waals surface area contributed by atoms with Crippen LogP contribution in [0.4, 0.5) is 4.79 Å². The van der Waals surface area contributed by atoms with Crippen molar-refractivity contribution in [1.29, 1.82) is 0 Å². The van der Waals surface area contributed by atoms with Crippen LogP contribution in [0.1, 0.15) is 38.7 Å². The molecule has 7 heteroatoms. The fourth-order valence-electron chi connectivity index (χ4n) is 4.56. The maximum Gasteiger partial charge on any atom is 0.327 e. The number of pyridine rings is 1. The van der Waals surface area contributed by atoms with Gasteiger partial charge in [-0.1, -0.05) is 19.9 Å². The summed E-state index contributed by atoms with van der Waals surface area (Å²) >= 11 is 0. The summed E-state index contributed by atoms with van der Waals surface area (Å²) in [7, 11) is 1.63. The lowest BCUT2D eigenvalue weighted by molar-refractivity contribution is -0.136. The fraction of sp³-hybridized carbons (Fsp3) is 0.682. The predicted octanol–water partition coefficient (Wildman–Crippen LogP) is 2.42. The molecule has 29 heavy (non-hydrogen) atoms. The molecule has 2 aliphatic rings. The summed E-state index contributed by atoms with van der Waals surface area (Å²) in [6.45, 7) is 8.52. The van der Waals surface area contributed by atoms with Gasteiger partial charge in [-0.3, -0.25) is 14.7 Å². The number of hydrogen-bond donors (Lipinski definition) is 0. The van der Waals surface area contributed by atoms with Crippen LogP contribution >= 0.6 is 0 Å². The molecule has 1 aromatic heterocycles. The second-order valence-corrected chi connectivity index (χ2v) is 8.57. The SMILES string of the molecule is COCCN1C(=O)N(CCCc2cccnc2)C(=O)C12CCN(CC(C)C)CC2. The first-order chi connectivity index (χ1) is 14.0. The Hall–Kier alpha value is -1.99. The van der Waals surface area contributed by atoms with Crippen molar-refractivity contribution in [2.45, 2.75) is 45.1 Å². The average Bonchev–Trinajstić information content (AvgIpc) is 2.90. The Morgan fingerprint density at radius 3 is 2.59 bits per heavy atom. The summed E-state index contributed by atoms with van der Waals surface area (Å²) in [4.78, 5) is 36.4. The van der Waals surface area contributed by atoms with E-state index >= 15 is 0 Å². The Balaban J connectivity index is 1.68. The van der Waals surface area contributed by atoms with Gasteiger partial charge in [0.2, 0.25) is 0 Å². The number of aryl methyl sites for hydroxylation is 1. The van der Waals surface area contributed by atoms with Gasteiger partial charge in [-0.15, -0.1) is 0 Å². The van der Waals surface area contributed by atoms with Crippen LogP contribution in [-0.4, -0.2) is 83.6 Å². The van der Waals surface area contributed by atoms with E-state index in [0.29, 0.717) is 38.5 Å². The lowest BCUT2D eigenvalue weighted by Gasteiger charge is -2.42. The van der Waals surface area contributed by atoms with E-state index in [1.165, 1.54) is 4.90 Å². The van der Waals surface area contributed by atoms with Crippen molar-refractivity contribution in [2.75, 3.05) is 46.4 Å². The van der Waals surface area contributed by atoms with Crippen molar-refractivity contribution in [3.63, 3.8) is 0 Å². The molecule has 0 aliphatic carbocycles. The summed E-state index contributed by atoms with van der Waals surface area (Å²) in [5.74, 6) is 0.576. The van der Waals surface area contributed by atoms with E-state index in [9.17, 15) is 9.59 Å². The Kier molecular flexibility index (Phi) is 7.24. The molecule has 3 heterocycles. The molecule has 0 N–H and O–H groups in total. The van der Waals surface area contributed by atoms with Crippen LogP contribution in [0.25, 0.3) is 0 Å². The molecule has 0 aromatic carbocycles. The minimum Gasteiger partial charge on any atom is -0.383 e. The first-order valence-electron chi connectivity index (χ1n) is 10.7. The molecule has 0 atom stereocenters. The maximum atomic E-state index is 13.4. The number of hydrogen-bond acceptors (Lipinski definition) is 5. The van der Waals surface area contributed by atoms with Crippen LogP contribution in [0.2, 0.25) is 0 Å². The number of piperidine rings is 1. The van der Waals surface area contributed by atoms with Gasteiger partial charge in [-0.25, -0.2) is 4.79 Å². The number of carbonyl (C=O) groups excluding carboxylic acids is 2. The smallest absolute Gasteiger partial charge is 0.327 e. The van der Waals surface area contributed by atoms with E-state index in [1.807, 2.05) is 18.3 Å². The topological polar surface area (TPSA) is 66.0 Å². The van der Waals surface area contributed by atoms with E-state index in [4.69, 9.17) is 4.74 Å². The third-order valence-electron chi connectivity index (χ3n) is 6.02. The number of rotatable bonds is 9. The lowest BCUT2D eigenvalue weighted by Crippen LogP contribution is -2.57. The summed E-state index contributed by atoms with van der Waals surface area (Å²) in [6.07, 6.45) is 6.54. The number of ether oxygens (including phenoxy) is 1. The molecule has 3 amide bonds. The van der Waals surface area contributed by atoms with Gasteiger partial charge in [0.05, 0.1) is 6.61 Å². The molecule has 2 aliphatic heterocycles. The minimum atomic E-state index is -0.697. The van der Waals surface area contributed by atoms with Crippen molar-refractivity contribution in [1.82, 2.24) is 19.7 Å². The normalized spacial score (nSPS) is 19.7. The van der Waals surface area contributed by atoms with Crippen molar-refractivity contribution in [3.05, 3.63) is 30.1 Å². The van der Waals surface area contributed by atoms with Crippen molar-refractivity contribution in [3.8, 4) is 0 Å². The first-order valence-corrected chi connectivity index (χ1v) is 10.7. The van der Waals surface area contributed by atoms with Gasteiger partial charge in [0, 0.05) is 52.2 Å². The van der Waals surface area contributed by atoms with Gasteiger partial charge >= 0.3 is 6.03 Å². The zero-order valence-corrected chi connectivity index (χ0v) is 18.0. The molecule has 0 saturated carbocycles. The molecule has 160 valence electrons. The van der Waals surface area contributed by atoms with Crippen LogP contribution in [0.3, 0.4) is 0 Å². The largest absolute Gasteiger partial charge is 0.383 e. The van der Waals surface area contributed by atoms with E-state index in [-0.39, 0.29) is 11.9 Å². The van der Waals surface area contributed by atoms with Crippen LogP contribution in [0.15, 0.2) is 24.5 Å². The van der Waals surface area contributed by atoms with Crippen LogP contribution in [0, 0.1) is 5.92 Å². The van der Waals surface area contributed by atoms with Gasteiger partial charge in [-0.2, -0.15) is 0 Å². The minimum absolute atomic E-state index is 0.0195. The number of urea groups is 1. The third kappa shape index (κ3) is 4.78. The Morgan fingerprint density at radius 1 is 1.21 bits per heavy atom. The van der Waals surface area contributed by atoms with Crippen LogP contribution in [-0.2, 0) is 16.0 Å². The third-order valence-corrected chi connectivity index (χ3v) is 6.02. The Labute approximate surface area is 174 Å². The van der Waals surface area contributed by atoms with E-state index in [0.717, 1.165) is 38.0 Å². The zero-order chi connectivity index (χ0) is 20.9. The number of imide groups is 1. The monoisotopic (exact) mass is 402 g/mol. The average molecular weight is 403 g/mol. The first kappa shape index (κ1) is 21.7. The van der Waals surface area contributed by atoms with Gasteiger partial charge in [0.15, 0.2) is 0 Å². The van der Waals surface area contributed by atoms with Gasteiger partial charge < -0.3 is 14.5 Å². The van der Waals surface area contributed by atoms with E-state index in [2.05, 4.69) is 23.7 Å². The number of likely N-dealkylation sites (tertiary alicyclic amines) is 1. The summed E-state index contributed by atoms with van der Waals surface area (Å²) in [5.41, 5.74) is 0.428. The molecule has 0 bridgehead atoms. The van der Waals surface area contributed by atoms with Crippen molar-refractivity contribution < 1.29 is 14.3 Å². The van der Waals surface area contributed by atoms with Gasteiger partial charge in [-0.05, 0) is 43.2 Å². The number of aromatic nitrogens is 1. The van der Waals surface area contributed by atoms with Crippen molar-refractivity contribution >= 4 is 11.9 Å². The lowest BCUT2D eigenvalue weighted by atomic mass is 9.85. The number of carbonyl (C=O) groups is 2. The summed E-state index contributed by atoms with van der Waals surface area (Å²) in [6, 6.07) is 3.78. The molecule has 7 nitrogen and oxygen atoms in total. The number of methoxy groups -OCH3 is 1. The zero-order valence-electron chi connectivity index (χ0n) is 18.0. The molecule has 1 spiro atoms. The molecule has 0 radical (unpaired) electrons. The molecule has 3 rings (SSSR count). The molecular weight excluding hydrogens is 368 g/mol. The fourth-order valence-corrected chi connectivity index (χ4v) is 4.56. The number of nitrogens with zero attached hydrogens (tertiary/aromatic N) is 4. The summed E-state index contributed by atoms with van der Waals surface area (Å²) in [5, 5.41) is 0. The van der Waals surface area contributed by atoms with Crippen LogP contribution in [0.5, 0.6) is 0 Å². The Morgan fingerprint density at radius 2 is 1.97 bits per heavy atom. The highest BCUT2D eigenvalue weighted by atomic mass is 16.5. The molecule has 2 saturated heterocycles. The van der Waals surface area contributed by atoms with Gasteiger partial charge in [0.25, 0.3) is 5.91 Å². The molecule has 2 fully saturated rings. The number of amides is 3. The quantitative estimate of drug-likeness (QED) is 0.594. The Bertz CT molecular complexity index is 687. The van der Waals surface area contributed by atoms with Crippen molar-refractivity contribution in [2.24, 2.45) is 5.92 Å². The highest BCUT2D eigenvalue weighted by molar-refractivity contribution is 6.07. The highest BCUT2D eigenvalue weighted by Crippen LogP contribution is 2.37. The molecular formula is C22H34N4O3. The highest BCUT2D eigenvalue weighted by Gasteiger charge is 2.57. The van der Waals surface area contributed by atoms with E-state index in [1.54, 1.807) is 18.2 Å². The predicted molar refractivity (Wildman–Crippen MR) is 111 cm³/mol. The summed E-state index contributed by atoms with van der Waals surface area (Å²) < 4.78 is 5.23. The van der Waals surface area contributed by atoms with E-state index < -0.39 is 5.54 Å². The maximum absolute atomic E-state index is 13.4.